The molecule has 2 aromatic rings. The van der Waals surface area contributed by atoms with E-state index in [9.17, 15) is 18.8 Å². The van der Waals surface area contributed by atoms with Gasteiger partial charge in [0.2, 0.25) is 0 Å². The minimum atomic E-state index is -0.988. The number of amidine groups is 1. The summed E-state index contributed by atoms with van der Waals surface area (Å²) in [6, 6.07) is 2.84. The van der Waals surface area contributed by atoms with Crippen molar-refractivity contribution in [2.75, 3.05) is 27.3 Å². The third kappa shape index (κ3) is 6.28. The van der Waals surface area contributed by atoms with Crippen LogP contribution in [-0.2, 0) is 23.8 Å². The minimum absolute atomic E-state index is 0.00240. The number of methoxy groups -OCH3 is 2. The number of likely N-dealkylation sites (tertiary alicyclic amines) is 1. The Hall–Kier alpha value is -3.51. The summed E-state index contributed by atoms with van der Waals surface area (Å²) in [7, 11) is 2.50. The summed E-state index contributed by atoms with van der Waals surface area (Å²) in [4.78, 5) is 49.8. The van der Waals surface area contributed by atoms with Crippen LogP contribution < -0.4 is 5.32 Å². The molecule has 3 unspecified atom stereocenters. The second-order valence-electron chi connectivity index (χ2n) is 10.3. The number of allylic oxidation sites excluding steroid dienone is 1. The summed E-state index contributed by atoms with van der Waals surface area (Å²) in [6.07, 6.45) is 1.34. The monoisotopic (exact) mass is 592 g/mol. The highest BCUT2D eigenvalue weighted by molar-refractivity contribution is 7.11. The van der Waals surface area contributed by atoms with Gasteiger partial charge in [-0.15, -0.1) is 11.3 Å². The van der Waals surface area contributed by atoms with Crippen molar-refractivity contribution in [2.45, 2.75) is 38.8 Å². The Balaban J connectivity index is 1.84. The quantitative estimate of drug-likeness (QED) is 0.398. The van der Waals surface area contributed by atoms with Crippen molar-refractivity contribution in [3.8, 4) is 0 Å². The van der Waals surface area contributed by atoms with Gasteiger partial charge in [0.25, 0.3) is 0 Å². The van der Waals surface area contributed by atoms with E-state index in [0.29, 0.717) is 22.1 Å². The van der Waals surface area contributed by atoms with E-state index in [-0.39, 0.29) is 30.1 Å². The zero-order valence-electron chi connectivity index (χ0n) is 22.7. The topological polar surface area (TPSA) is 119 Å². The number of halogens is 2. The van der Waals surface area contributed by atoms with Gasteiger partial charge in [-0.1, -0.05) is 17.7 Å². The fraction of sp³-hybridized carbons (Fsp3) is 0.444. The third-order valence-electron chi connectivity index (χ3n) is 6.51. The van der Waals surface area contributed by atoms with Gasteiger partial charge in [-0.25, -0.2) is 19.0 Å². The summed E-state index contributed by atoms with van der Waals surface area (Å²) >= 11 is 7.76. The second-order valence-corrected chi connectivity index (χ2v) is 11.6. The van der Waals surface area contributed by atoms with E-state index in [4.69, 9.17) is 30.8 Å². The Labute approximate surface area is 240 Å². The van der Waals surface area contributed by atoms with E-state index in [1.165, 1.54) is 42.6 Å². The standard InChI is InChI=1S/C27H30ClFN4O6S/c1-27(2,3)39-26(36)33-10-8-15(17(13-33)24(34)37-4)20-19(25(35)38-5)21(16-7-6-14(29)12-18(16)28)32-22(31-20)23-30-9-11-40-23/h6-7,9,11-12,15,17,21H,8,10,13H2,1-5H3,(H,31,32). The number of thiazole rings is 1. The Bertz CT molecular complexity index is 1360. The first-order chi connectivity index (χ1) is 18.9. The van der Waals surface area contributed by atoms with Gasteiger partial charge in [0, 0.05) is 46.9 Å². The number of nitrogens with one attached hydrogen (secondary N) is 1. The molecule has 2 aliphatic heterocycles. The van der Waals surface area contributed by atoms with Crippen LogP contribution in [0.5, 0.6) is 0 Å². The highest BCUT2D eigenvalue weighted by Gasteiger charge is 2.44. The van der Waals surface area contributed by atoms with Gasteiger partial charge in [0.15, 0.2) is 10.8 Å². The van der Waals surface area contributed by atoms with E-state index in [1.54, 1.807) is 32.3 Å². The van der Waals surface area contributed by atoms with Crippen molar-refractivity contribution in [1.82, 2.24) is 15.2 Å². The zero-order chi connectivity index (χ0) is 29.2. The molecule has 1 saturated heterocycles. The summed E-state index contributed by atoms with van der Waals surface area (Å²) in [6.45, 7) is 5.52. The molecular weight excluding hydrogens is 563 g/mol. The lowest BCUT2D eigenvalue weighted by molar-refractivity contribution is -0.149. The van der Waals surface area contributed by atoms with Gasteiger partial charge in [0.05, 0.1) is 25.7 Å². The number of carbonyl (C=O) groups excluding carboxylic acids is 3. The smallest absolute Gasteiger partial charge is 0.410 e. The maximum Gasteiger partial charge on any atom is 0.410 e. The number of ether oxygens (including phenoxy) is 3. The summed E-state index contributed by atoms with van der Waals surface area (Å²) in [5.41, 5.74) is 0.135. The zero-order valence-corrected chi connectivity index (χ0v) is 24.3. The first-order valence-corrected chi connectivity index (χ1v) is 13.8. The fourth-order valence-corrected chi connectivity index (χ4v) is 5.63. The molecule has 10 nitrogen and oxygen atoms in total. The molecule has 2 aliphatic rings. The van der Waals surface area contributed by atoms with Crippen molar-refractivity contribution in [2.24, 2.45) is 16.8 Å². The highest BCUT2D eigenvalue weighted by atomic mass is 35.5. The Morgan fingerprint density at radius 3 is 2.55 bits per heavy atom. The first-order valence-electron chi connectivity index (χ1n) is 12.5. The molecule has 1 fully saturated rings. The van der Waals surface area contributed by atoms with Gasteiger partial charge < -0.3 is 24.4 Å². The van der Waals surface area contributed by atoms with Crippen LogP contribution in [0.2, 0.25) is 5.02 Å². The largest absolute Gasteiger partial charge is 0.469 e. The van der Waals surface area contributed by atoms with E-state index in [0.717, 1.165) is 6.07 Å². The van der Waals surface area contributed by atoms with Gasteiger partial charge in [-0.3, -0.25) is 9.79 Å². The number of hydrogen-bond donors (Lipinski definition) is 1. The molecule has 0 aliphatic carbocycles. The lowest BCUT2D eigenvalue weighted by atomic mass is 9.79. The maximum absolute atomic E-state index is 13.9. The van der Waals surface area contributed by atoms with Crippen molar-refractivity contribution in [1.29, 1.82) is 0 Å². The Morgan fingerprint density at radius 1 is 1.20 bits per heavy atom. The predicted molar refractivity (Wildman–Crippen MR) is 146 cm³/mol. The van der Waals surface area contributed by atoms with Crippen LogP contribution in [0.15, 0.2) is 46.0 Å². The molecular formula is C27H30ClFN4O6S. The van der Waals surface area contributed by atoms with Crippen LogP contribution in [0.4, 0.5) is 9.18 Å². The lowest BCUT2D eigenvalue weighted by Gasteiger charge is -2.40. The Morgan fingerprint density at radius 2 is 1.95 bits per heavy atom. The molecule has 0 radical (unpaired) electrons. The molecule has 40 heavy (non-hydrogen) atoms. The summed E-state index contributed by atoms with van der Waals surface area (Å²) in [5.74, 6) is -2.92. The van der Waals surface area contributed by atoms with Crippen LogP contribution in [0, 0.1) is 17.7 Å². The number of hydrogen-bond acceptors (Lipinski definition) is 10. The van der Waals surface area contributed by atoms with E-state index in [2.05, 4.69) is 10.3 Å². The first kappa shape index (κ1) is 29.5. The molecule has 0 saturated carbocycles. The molecule has 0 bridgehead atoms. The van der Waals surface area contributed by atoms with Crippen molar-refractivity contribution in [3.63, 3.8) is 0 Å². The molecule has 1 N–H and O–H groups in total. The molecule has 0 spiro atoms. The van der Waals surface area contributed by atoms with E-state index in [1.807, 2.05) is 0 Å². The van der Waals surface area contributed by atoms with Gasteiger partial charge in [-0.2, -0.15) is 0 Å². The van der Waals surface area contributed by atoms with E-state index >= 15 is 0 Å². The highest BCUT2D eigenvalue weighted by Crippen LogP contribution is 2.41. The molecule has 1 aromatic carbocycles. The lowest BCUT2D eigenvalue weighted by Crippen LogP contribution is -2.51. The third-order valence-corrected chi connectivity index (χ3v) is 7.62. The van der Waals surface area contributed by atoms with Crippen molar-refractivity contribution < 1.29 is 33.0 Å². The van der Waals surface area contributed by atoms with Crippen molar-refractivity contribution >= 4 is 46.8 Å². The number of esters is 2. The molecule has 1 amide bonds. The normalized spacial score (nSPS) is 21.3. The minimum Gasteiger partial charge on any atom is -0.469 e. The van der Waals surface area contributed by atoms with Crippen LogP contribution in [-0.4, -0.2) is 66.7 Å². The van der Waals surface area contributed by atoms with Crippen LogP contribution in [0.25, 0.3) is 0 Å². The number of amides is 1. The fourth-order valence-electron chi connectivity index (χ4n) is 4.77. The van der Waals surface area contributed by atoms with Gasteiger partial charge in [-0.05, 0) is 39.3 Å². The number of carbonyl (C=O) groups is 3. The average molecular weight is 593 g/mol. The van der Waals surface area contributed by atoms with Gasteiger partial charge in [0.1, 0.15) is 17.5 Å². The molecule has 1 aromatic heterocycles. The molecule has 3 heterocycles. The average Bonchev–Trinajstić information content (AvgIpc) is 3.45. The van der Waals surface area contributed by atoms with Crippen LogP contribution in [0.1, 0.15) is 43.8 Å². The van der Waals surface area contributed by atoms with E-state index < -0.39 is 47.3 Å². The summed E-state index contributed by atoms with van der Waals surface area (Å²) < 4.78 is 29.7. The van der Waals surface area contributed by atoms with Crippen LogP contribution >= 0.6 is 22.9 Å². The number of rotatable bonds is 5. The number of aliphatic imine (C=N–C) groups is 1. The van der Waals surface area contributed by atoms with Crippen LogP contribution in [0.3, 0.4) is 0 Å². The molecule has 3 atom stereocenters. The molecule has 214 valence electrons. The Kier molecular flexibility index (Phi) is 8.79. The van der Waals surface area contributed by atoms with Gasteiger partial charge >= 0.3 is 18.0 Å². The number of piperidine rings is 1. The second kappa shape index (κ2) is 11.9. The van der Waals surface area contributed by atoms with Crippen molar-refractivity contribution in [3.05, 3.63) is 62.5 Å². The number of benzene rings is 1. The summed E-state index contributed by atoms with van der Waals surface area (Å²) in [5, 5.41) is 5.60. The maximum atomic E-state index is 13.9. The number of nitrogens with zero attached hydrogens (tertiary/aromatic N) is 3. The number of aromatic nitrogens is 1. The SMILES string of the molecule is COC(=O)C1=C(C2CCN(C(=O)OC(C)(C)C)CC2C(=O)OC)NC(c2nccs2)=NC1c1ccc(F)cc1Cl. The predicted octanol–water partition coefficient (Wildman–Crippen LogP) is 4.50. The molecule has 4 rings (SSSR count). The molecule has 13 heteroatoms.